The summed E-state index contributed by atoms with van der Waals surface area (Å²) in [6, 6.07) is 4.61. The van der Waals surface area contributed by atoms with E-state index in [0.29, 0.717) is 0 Å². The molecule has 1 aliphatic heterocycles. The average molecular weight is 441 g/mol. The molecular weight excluding hydrogens is 388 g/mol. The molecule has 2 heterocycles. The summed E-state index contributed by atoms with van der Waals surface area (Å²) in [4.78, 5) is 0. The summed E-state index contributed by atoms with van der Waals surface area (Å²) in [6.45, 7) is 6.95. The number of unbranched alkanes of at least 4 members (excludes halogenated alkanes) is 11. The number of aromatic nitrogens is 1. The Labute approximate surface area is 199 Å². The summed E-state index contributed by atoms with van der Waals surface area (Å²) in [5.41, 5.74) is 1.49. The first kappa shape index (κ1) is 26.8. The van der Waals surface area contributed by atoms with Gasteiger partial charge < -0.3 is 0 Å². The number of hydrogen-bond donors (Lipinski definition) is 0. The Morgan fingerprint density at radius 2 is 1.31 bits per heavy atom. The summed E-state index contributed by atoms with van der Waals surface area (Å²) >= 11 is 0. The van der Waals surface area contributed by atoms with E-state index in [1.807, 2.05) is 0 Å². The van der Waals surface area contributed by atoms with Gasteiger partial charge in [-0.05, 0) is 49.7 Å². The SMILES string of the molecule is CCCCc1cc[n+](CCCCCCCCCCCC[N+]2=CCC(CCCC)C=C2)cc1. The summed E-state index contributed by atoms with van der Waals surface area (Å²) in [5.74, 6) is 0.798. The van der Waals surface area contributed by atoms with Gasteiger partial charge in [0.1, 0.15) is 19.3 Å². The van der Waals surface area contributed by atoms with E-state index in [9.17, 15) is 0 Å². The summed E-state index contributed by atoms with van der Waals surface area (Å²) < 4.78 is 4.79. The lowest BCUT2D eigenvalue weighted by Crippen LogP contribution is -2.32. The van der Waals surface area contributed by atoms with Crippen molar-refractivity contribution in [2.75, 3.05) is 6.54 Å². The molecular formula is C30H52N2+2. The summed E-state index contributed by atoms with van der Waals surface area (Å²) in [6.07, 6.45) is 34.9. The highest BCUT2D eigenvalue weighted by atomic mass is 15.0. The number of aryl methyl sites for hydroxylation is 2. The molecule has 0 fully saturated rings. The van der Waals surface area contributed by atoms with Crippen LogP contribution >= 0.6 is 0 Å². The fraction of sp³-hybridized carbons (Fsp3) is 0.733. The Kier molecular flexibility index (Phi) is 15.1. The molecule has 1 atom stereocenters. The average Bonchev–Trinajstić information content (AvgIpc) is 2.83. The Balaban J connectivity index is 1.35. The maximum atomic E-state index is 2.44. The minimum atomic E-state index is 0.798. The van der Waals surface area contributed by atoms with Gasteiger partial charge in [-0.25, -0.2) is 9.14 Å². The van der Waals surface area contributed by atoms with Gasteiger partial charge in [-0.15, -0.1) is 0 Å². The van der Waals surface area contributed by atoms with Crippen LogP contribution in [0.5, 0.6) is 0 Å². The molecule has 2 nitrogen and oxygen atoms in total. The number of pyridine rings is 1. The van der Waals surface area contributed by atoms with Crippen LogP contribution in [-0.2, 0) is 13.0 Å². The van der Waals surface area contributed by atoms with Crippen LogP contribution in [0.3, 0.4) is 0 Å². The molecule has 0 aliphatic carbocycles. The van der Waals surface area contributed by atoms with Crippen LogP contribution in [-0.4, -0.2) is 17.3 Å². The lowest BCUT2D eigenvalue weighted by atomic mass is 9.97. The van der Waals surface area contributed by atoms with E-state index in [1.54, 1.807) is 0 Å². The lowest BCUT2D eigenvalue weighted by Gasteiger charge is -2.11. The Bertz CT molecular complexity index is 629. The van der Waals surface area contributed by atoms with Crippen LogP contribution < -0.4 is 4.57 Å². The van der Waals surface area contributed by atoms with Crippen LogP contribution in [0.1, 0.15) is 122 Å². The first-order valence-electron chi connectivity index (χ1n) is 14.1. The standard InChI is InChI=1S/C30H52N2/c1-3-5-17-29-19-25-31(26-20-29)23-15-13-11-9-7-8-10-12-14-16-24-32-27-21-30(22-28-32)18-6-4-2/h19-21,25-28,30H,3-18,22-24H2,1-2H3/q+2. The molecule has 1 aromatic rings. The molecule has 0 amide bonds. The van der Waals surface area contributed by atoms with Crippen molar-refractivity contribution in [3.8, 4) is 0 Å². The monoisotopic (exact) mass is 440 g/mol. The van der Waals surface area contributed by atoms with E-state index in [-0.39, 0.29) is 0 Å². The van der Waals surface area contributed by atoms with Crippen LogP contribution in [0, 0.1) is 5.92 Å². The topological polar surface area (TPSA) is 6.89 Å². The van der Waals surface area contributed by atoms with Gasteiger partial charge in [0.25, 0.3) is 0 Å². The third-order valence-electron chi connectivity index (χ3n) is 6.98. The Morgan fingerprint density at radius 1 is 0.719 bits per heavy atom. The number of allylic oxidation sites excluding steroid dienone is 1. The van der Waals surface area contributed by atoms with Crippen LogP contribution in [0.15, 0.2) is 36.8 Å². The van der Waals surface area contributed by atoms with Crippen molar-refractivity contribution in [3.63, 3.8) is 0 Å². The zero-order valence-electron chi connectivity index (χ0n) is 21.4. The zero-order chi connectivity index (χ0) is 22.7. The van der Waals surface area contributed by atoms with Gasteiger partial charge in [0.15, 0.2) is 18.6 Å². The number of rotatable bonds is 19. The van der Waals surface area contributed by atoms with E-state index in [2.05, 4.69) is 66.0 Å². The molecule has 0 N–H and O–H groups in total. The van der Waals surface area contributed by atoms with Crippen molar-refractivity contribution in [1.82, 2.24) is 0 Å². The molecule has 0 spiro atoms. The number of nitrogens with zero attached hydrogens (tertiary/aromatic N) is 2. The summed E-state index contributed by atoms with van der Waals surface area (Å²) in [5, 5.41) is 0. The van der Waals surface area contributed by atoms with Crippen molar-refractivity contribution in [2.45, 2.75) is 130 Å². The predicted molar refractivity (Wildman–Crippen MR) is 139 cm³/mol. The summed E-state index contributed by atoms with van der Waals surface area (Å²) in [7, 11) is 0. The predicted octanol–water partition coefficient (Wildman–Crippen LogP) is 8.02. The Hall–Kier alpha value is -1.44. The quantitative estimate of drug-likeness (QED) is 0.152. The van der Waals surface area contributed by atoms with Gasteiger partial charge in [0.2, 0.25) is 0 Å². The highest BCUT2D eigenvalue weighted by Crippen LogP contribution is 2.16. The van der Waals surface area contributed by atoms with Crippen molar-refractivity contribution >= 4 is 6.21 Å². The minimum absolute atomic E-state index is 0.798. The molecule has 0 bridgehead atoms. The molecule has 1 aromatic heterocycles. The van der Waals surface area contributed by atoms with E-state index in [1.165, 1.54) is 128 Å². The molecule has 0 saturated carbocycles. The van der Waals surface area contributed by atoms with Gasteiger partial charge in [-0.3, -0.25) is 0 Å². The second-order valence-corrected chi connectivity index (χ2v) is 9.98. The maximum absolute atomic E-state index is 2.44. The van der Waals surface area contributed by atoms with Crippen molar-refractivity contribution in [2.24, 2.45) is 5.92 Å². The molecule has 180 valence electrons. The second kappa shape index (κ2) is 18.0. The molecule has 1 unspecified atom stereocenters. The Morgan fingerprint density at radius 3 is 1.88 bits per heavy atom. The largest absolute Gasteiger partial charge is 0.209 e. The molecule has 1 aliphatic rings. The van der Waals surface area contributed by atoms with Crippen molar-refractivity contribution < 1.29 is 9.14 Å². The van der Waals surface area contributed by atoms with Gasteiger partial charge in [0, 0.05) is 31.4 Å². The highest BCUT2D eigenvalue weighted by molar-refractivity contribution is 5.53. The van der Waals surface area contributed by atoms with Gasteiger partial charge >= 0.3 is 0 Å². The second-order valence-electron chi connectivity index (χ2n) is 9.98. The van der Waals surface area contributed by atoms with Crippen LogP contribution in [0.2, 0.25) is 0 Å². The van der Waals surface area contributed by atoms with Gasteiger partial charge in [-0.2, -0.15) is 0 Å². The number of hydrogen-bond acceptors (Lipinski definition) is 0. The van der Waals surface area contributed by atoms with E-state index in [4.69, 9.17) is 0 Å². The normalized spacial score (nSPS) is 15.8. The fourth-order valence-corrected chi connectivity index (χ4v) is 4.68. The third-order valence-corrected chi connectivity index (χ3v) is 6.98. The third kappa shape index (κ3) is 12.6. The van der Waals surface area contributed by atoms with Gasteiger partial charge in [-0.1, -0.05) is 71.6 Å². The van der Waals surface area contributed by atoms with E-state index in [0.717, 1.165) is 5.92 Å². The van der Waals surface area contributed by atoms with Gasteiger partial charge in [0.05, 0.1) is 0 Å². The van der Waals surface area contributed by atoms with E-state index >= 15 is 0 Å². The molecule has 32 heavy (non-hydrogen) atoms. The lowest BCUT2D eigenvalue weighted by molar-refractivity contribution is -0.697. The molecule has 0 saturated heterocycles. The zero-order valence-corrected chi connectivity index (χ0v) is 21.4. The van der Waals surface area contributed by atoms with Crippen LogP contribution in [0.25, 0.3) is 0 Å². The van der Waals surface area contributed by atoms with Crippen LogP contribution in [0.4, 0.5) is 0 Å². The smallest absolute Gasteiger partial charge is 0.169 e. The van der Waals surface area contributed by atoms with E-state index < -0.39 is 0 Å². The fourth-order valence-electron chi connectivity index (χ4n) is 4.68. The minimum Gasteiger partial charge on any atom is -0.209 e. The molecule has 0 radical (unpaired) electrons. The first-order chi connectivity index (χ1) is 15.8. The molecule has 2 heteroatoms. The van der Waals surface area contributed by atoms with Crippen molar-refractivity contribution in [3.05, 3.63) is 42.4 Å². The van der Waals surface area contributed by atoms with Crippen molar-refractivity contribution in [1.29, 1.82) is 0 Å². The molecule has 0 aromatic carbocycles. The highest BCUT2D eigenvalue weighted by Gasteiger charge is 2.12. The molecule has 2 rings (SSSR count). The maximum Gasteiger partial charge on any atom is 0.169 e. The first-order valence-corrected chi connectivity index (χ1v) is 14.1.